The summed E-state index contributed by atoms with van der Waals surface area (Å²) in [6, 6.07) is 16.9. The Bertz CT molecular complexity index is 1570. The first-order chi connectivity index (χ1) is 18.1. The first kappa shape index (κ1) is 23.1. The van der Waals surface area contributed by atoms with E-state index in [0.29, 0.717) is 4.90 Å². The fraction of sp³-hybridized carbons (Fsp3) is 0.400. The number of pyridine rings is 1. The molecule has 2 aromatic carbocycles. The monoisotopic (exact) mass is 512 g/mol. The minimum atomic E-state index is -3.20. The lowest BCUT2D eigenvalue weighted by Gasteiger charge is -2.25. The number of hydrogen-bond donors (Lipinski definition) is 1. The van der Waals surface area contributed by atoms with E-state index in [1.165, 1.54) is 55.5 Å². The van der Waals surface area contributed by atoms with Crippen LogP contribution < -0.4 is 0 Å². The Balaban J connectivity index is 1.17. The Labute approximate surface area is 218 Å². The van der Waals surface area contributed by atoms with Gasteiger partial charge in [0.1, 0.15) is 5.69 Å². The summed E-state index contributed by atoms with van der Waals surface area (Å²) in [4.78, 5) is 7.77. The van der Waals surface area contributed by atoms with E-state index in [2.05, 4.69) is 44.3 Å². The molecule has 190 valence electrons. The van der Waals surface area contributed by atoms with Crippen molar-refractivity contribution in [1.29, 1.82) is 0 Å². The summed E-state index contributed by atoms with van der Waals surface area (Å²) in [5.41, 5.74) is 7.63. The van der Waals surface area contributed by atoms with E-state index in [9.17, 15) is 8.42 Å². The minimum Gasteiger partial charge on any atom is -0.300 e. The molecule has 1 saturated heterocycles. The van der Waals surface area contributed by atoms with E-state index < -0.39 is 9.84 Å². The molecule has 1 N–H and O–H groups in total. The zero-order valence-electron chi connectivity index (χ0n) is 21.0. The summed E-state index contributed by atoms with van der Waals surface area (Å²) >= 11 is 0. The smallest absolute Gasteiger partial charge is 0.181 e. The number of nitrogens with zero attached hydrogens (tertiary/aromatic N) is 3. The van der Waals surface area contributed by atoms with Crippen molar-refractivity contribution >= 4 is 20.9 Å². The molecular weight excluding hydrogens is 480 g/mol. The van der Waals surface area contributed by atoms with Gasteiger partial charge in [-0.3, -0.25) is 5.10 Å². The van der Waals surface area contributed by atoms with Crippen LogP contribution in [0.5, 0.6) is 0 Å². The standard InChI is InChI=1S/C30H32N4O2S/c35-37(36,27-13-14-27)26-11-7-21(8-12-26)29-28-18-24(19-31-30(28)33-32-29)23-4-3-20-5-9-25(10-6-22(20)17-23)34-15-1-2-16-34/h3-4,7-8,11-12,17-19,25,27H,1-2,5-6,9-10,13-16H2,(H,31,32,33)/t25-/m0/s1. The van der Waals surface area contributed by atoms with Crippen LogP contribution in [0.1, 0.15) is 49.7 Å². The van der Waals surface area contributed by atoms with Gasteiger partial charge < -0.3 is 4.90 Å². The van der Waals surface area contributed by atoms with E-state index in [1.54, 1.807) is 12.1 Å². The van der Waals surface area contributed by atoms with Crippen molar-refractivity contribution in [3.63, 3.8) is 0 Å². The summed E-state index contributed by atoms with van der Waals surface area (Å²) in [5, 5.41) is 8.31. The molecule has 0 radical (unpaired) electrons. The van der Waals surface area contributed by atoms with Crippen LogP contribution in [-0.4, -0.2) is 52.9 Å². The quantitative estimate of drug-likeness (QED) is 0.354. The van der Waals surface area contributed by atoms with Crippen molar-refractivity contribution in [1.82, 2.24) is 20.1 Å². The van der Waals surface area contributed by atoms with Crippen LogP contribution in [0.4, 0.5) is 0 Å². The van der Waals surface area contributed by atoms with Crippen LogP contribution >= 0.6 is 0 Å². The summed E-state index contributed by atoms with van der Waals surface area (Å²) in [6.45, 7) is 2.54. The van der Waals surface area contributed by atoms with Crippen LogP contribution in [0.3, 0.4) is 0 Å². The highest BCUT2D eigenvalue weighted by Crippen LogP contribution is 2.36. The number of aromatic amines is 1. The number of hydrogen-bond acceptors (Lipinski definition) is 5. The minimum absolute atomic E-state index is 0.205. The first-order valence-corrected chi connectivity index (χ1v) is 15.2. The highest BCUT2D eigenvalue weighted by molar-refractivity contribution is 7.92. The molecule has 0 unspecified atom stereocenters. The van der Waals surface area contributed by atoms with Gasteiger partial charge in [0.2, 0.25) is 0 Å². The molecular formula is C30H32N4O2S. The van der Waals surface area contributed by atoms with Gasteiger partial charge in [-0.05, 0) is 99.3 Å². The summed E-state index contributed by atoms with van der Waals surface area (Å²) in [7, 11) is -3.20. The van der Waals surface area contributed by atoms with Gasteiger partial charge in [0.15, 0.2) is 15.5 Å². The predicted molar refractivity (Wildman–Crippen MR) is 146 cm³/mol. The summed E-state index contributed by atoms with van der Waals surface area (Å²) in [6.07, 6.45) is 11.0. The average molecular weight is 513 g/mol. The second-order valence-corrected chi connectivity index (χ2v) is 13.1. The van der Waals surface area contributed by atoms with Gasteiger partial charge in [0.05, 0.1) is 10.1 Å². The van der Waals surface area contributed by atoms with Crippen LogP contribution in [0, 0.1) is 0 Å². The normalized spacial score (nSPS) is 20.7. The van der Waals surface area contributed by atoms with Gasteiger partial charge in [0, 0.05) is 28.8 Å². The lowest BCUT2D eigenvalue weighted by Crippen LogP contribution is -2.32. The van der Waals surface area contributed by atoms with Gasteiger partial charge >= 0.3 is 0 Å². The number of benzene rings is 2. The highest BCUT2D eigenvalue weighted by atomic mass is 32.2. The molecule has 4 aromatic rings. The SMILES string of the molecule is O=S(=O)(c1ccc(-c2n[nH]c3ncc(-c4ccc5c(c4)CC[C@@H](N4CCCC4)CC5)cc23)cc1)C1CC1. The maximum atomic E-state index is 12.6. The van der Waals surface area contributed by atoms with E-state index in [0.717, 1.165) is 59.6 Å². The van der Waals surface area contributed by atoms with Crippen LogP contribution in [0.25, 0.3) is 33.4 Å². The summed E-state index contributed by atoms with van der Waals surface area (Å²) < 4.78 is 25.2. The molecule has 2 aromatic heterocycles. The van der Waals surface area contributed by atoms with Crippen LogP contribution in [0.2, 0.25) is 0 Å². The molecule has 6 nitrogen and oxygen atoms in total. The van der Waals surface area contributed by atoms with E-state index in [1.807, 2.05) is 18.3 Å². The van der Waals surface area contributed by atoms with Gasteiger partial charge in [0.25, 0.3) is 0 Å². The van der Waals surface area contributed by atoms with Crippen molar-refractivity contribution in [2.24, 2.45) is 0 Å². The van der Waals surface area contributed by atoms with E-state index >= 15 is 0 Å². The number of aryl methyl sites for hydroxylation is 2. The molecule has 3 aliphatic rings. The summed E-state index contributed by atoms with van der Waals surface area (Å²) in [5.74, 6) is 0. The number of H-pyrrole nitrogens is 1. The van der Waals surface area contributed by atoms with Crippen molar-refractivity contribution in [2.75, 3.05) is 13.1 Å². The van der Waals surface area contributed by atoms with Crippen molar-refractivity contribution in [3.05, 3.63) is 65.9 Å². The molecule has 3 heterocycles. The third-order valence-electron chi connectivity index (χ3n) is 8.53. The molecule has 0 bridgehead atoms. The van der Waals surface area contributed by atoms with E-state index in [4.69, 9.17) is 0 Å². The molecule has 0 amide bonds. The fourth-order valence-corrected chi connectivity index (χ4v) is 7.85. The lowest BCUT2D eigenvalue weighted by molar-refractivity contribution is 0.222. The van der Waals surface area contributed by atoms with Gasteiger partial charge in [-0.15, -0.1) is 0 Å². The number of nitrogens with one attached hydrogen (secondary N) is 1. The third-order valence-corrected chi connectivity index (χ3v) is 10.8. The molecule has 37 heavy (non-hydrogen) atoms. The number of rotatable bonds is 5. The Hall–Kier alpha value is -3.03. The van der Waals surface area contributed by atoms with Crippen LogP contribution in [-0.2, 0) is 22.7 Å². The van der Waals surface area contributed by atoms with Crippen molar-refractivity contribution < 1.29 is 8.42 Å². The maximum absolute atomic E-state index is 12.6. The molecule has 1 atom stereocenters. The Kier molecular flexibility index (Phi) is 5.66. The maximum Gasteiger partial charge on any atom is 0.181 e. The second kappa shape index (κ2) is 9.07. The molecule has 7 rings (SSSR count). The Morgan fingerprint density at radius 1 is 0.811 bits per heavy atom. The first-order valence-electron chi connectivity index (χ1n) is 13.6. The zero-order valence-corrected chi connectivity index (χ0v) is 21.8. The van der Waals surface area contributed by atoms with Crippen molar-refractivity contribution in [2.45, 2.75) is 67.6 Å². The molecule has 2 aliphatic carbocycles. The molecule has 0 spiro atoms. The zero-order chi connectivity index (χ0) is 25.0. The Morgan fingerprint density at radius 2 is 1.54 bits per heavy atom. The van der Waals surface area contributed by atoms with Crippen molar-refractivity contribution in [3.8, 4) is 22.4 Å². The van der Waals surface area contributed by atoms with Gasteiger partial charge in [-0.2, -0.15) is 5.10 Å². The van der Waals surface area contributed by atoms with E-state index in [-0.39, 0.29) is 5.25 Å². The average Bonchev–Trinajstić information content (AvgIpc) is 3.57. The van der Waals surface area contributed by atoms with Gasteiger partial charge in [-0.25, -0.2) is 13.4 Å². The number of sulfone groups is 1. The predicted octanol–water partition coefficient (Wildman–Crippen LogP) is 5.57. The number of fused-ring (bicyclic) bond motifs is 2. The second-order valence-electron chi connectivity index (χ2n) is 10.9. The highest BCUT2D eigenvalue weighted by Gasteiger charge is 2.36. The topological polar surface area (TPSA) is 79.0 Å². The van der Waals surface area contributed by atoms with Gasteiger partial charge in [-0.1, -0.05) is 30.3 Å². The molecule has 1 saturated carbocycles. The largest absolute Gasteiger partial charge is 0.300 e. The molecule has 1 aliphatic heterocycles. The Morgan fingerprint density at radius 3 is 2.30 bits per heavy atom. The lowest BCUT2D eigenvalue weighted by atomic mass is 9.96. The molecule has 7 heteroatoms. The third kappa shape index (κ3) is 4.28. The number of likely N-dealkylation sites (tertiary alicyclic amines) is 1. The molecule has 2 fully saturated rings. The van der Waals surface area contributed by atoms with Crippen LogP contribution in [0.15, 0.2) is 59.6 Å². The fourth-order valence-electron chi connectivity index (χ4n) is 6.20. The number of aromatic nitrogens is 3.